The Morgan fingerprint density at radius 2 is 1.70 bits per heavy atom. The van der Waals surface area contributed by atoms with Gasteiger partial charge in [0.1, 0.15) is 5.01 Å². The molecule has 0 unspecified atom stereocenters. The molecule has 0 aliphatic heterocycles. The fourth-order valence-electron chi connectivity index (χ4n) is 4.60. The van der Waals surface area contributed by atoms with Gasteiger partial charge < -0.3 is 5.11 Å². The highest BCUT2D eigenvalue weighted by Gasteiger charge is 2.20. The number of nitrogens with zero attached hydrogens (tertiary/aromatic N) is 2. The van der Waals surface area contributed by atoms with Gasteiger partial charge in [-0.2, -0.15) is 0 Å². The van der Waals surface area contributed by atoms with Gasteiger partial charge in [-0.25, -0.2) is 13.4 Å². The molecule has 0 spiro atoms. The first-order chi connectivity index (χ1) is 18.9. The monoisotopic (exact) mass is 568 g/mol. The van der Waals surface area contributed by atoms with E-state index in [1.807, 2.05) is 42.6 Å². The predicted octanol–water partition coefficient (Wildman–Crippen LogP) is 7.70. The van der Waals surface area contributed by atoms with Crippen LogP contribution in [0.4, 0.5) is 0 Å². The zero-order valence-corrected chi connectivity index (χ0v) is 24.8. The van der Waals surface area contributed by atoms with Crippen molar-refractivity contribution >= 4 is 43.7 Å². The van der Waals surface area contributed by atoms with Gasteiger partial charge in [0, 0.05) is 29.6 Å². The largest absolute Gasteiger partial charge is 0.385 e. The minimum atomic E-state index is -3.32. The first kappa shape index (κ1) is 27.9. The lowest BCUT2D eigenvalue weighted by Gasteiger charge is -2.15. The number of pyridine rings is 1. The summed E-state index contributed by atoms with van der Waals surface area (Å²) in [5.74, 6) is 0.366. The molecule has 2 aromatic heterocycles. The maximum atomic E-state index is 12.1. The van der Waals surface area contributed by atoms with Gasteiger partial charge >= 0.3 is 0 Å². The lowest BCUT2D eigenvalue weighted by atomic mass is 9.91. The Balaban J connectivity index is 1.69. The highest BCUT2D eigenvalue weighted by atomic mass is 32.2. The van der Waals surface area contributed by atoms with E-state index >= 15 is 0 Å². The van der Waals surface area contributed by atoms with Gasteiger partial charge in [-0.3, -0.25) is 4.98 Å². The quantitative estimate of drug-likeness (QED) is 0.218. The molecule has 7 heteroatoms. The Labute approximate surface area is 239 Å². The summed E-state index contributed by atoms with van der Waals surface area (Å²) in [7, 11) is -3.32. The maximum absolute atomic E-state index is 12.1. The highest BCUT2D eigenvalue weighted by molar-refractivity contribution is 7.90. The summed E-state index contributed by atoms with van der Waals surface area (Å²) in [4.78, 5) is 10.3. The van der Waals surface area contributed by atoms with E-state index in [2.05, 4.69) is 49.2 Å². The van der Waals surface area contributed by atoms with Crippen LogP contribution >= 0.6 is 11.3 Å². The molecule has 0 saturated heterocycles. The van der Waals surface area contributed by atoms with Crippen LogP contribution in [0.1, 0.15) is 60.2 Å². The van der Waals surface area contributed by atoms with Crippen molar-refractivity contribution in [2.24, 2.45) is 0 Å². The molecule has 3 aromatic carbocycles. The van der Waals surface area contributed by atoms with Gasteiger partial charge in [0.05, 0.1) is 20.9 Å². The number of hydrogen-bond donors (Lipinski definition) is 1. The van der Waals surface area contributed by atoms with Crippen LogP contribution < -0.4 is 0 Å². The normalized spacial score (nSPS) is 12.8. The molecule has 0 fully saturated rings. The molecule has 0 atom stereocenters. The number of rotatable bonds is 7. The molecular formula is C33H32N2O3S2. The fourth-order valence-corrected chi connectivity index (χ4v) is 6.09. The van der Waals surface area contributed by atoms with Gasteiger partial charge in [-0.1, -0.05) is 50.2 Å². The molecule has 0 bridgehead atoms. The van der Waals surface area contributed by atoms with Crippen molar-refractivity contribution in [2.45, 2.75) is 44.1 Å². The second kappa shape index (κ2) is 10.7. The lowest BCUT2D eigenvalue weighted by molar-refractivity contribution is 0.0823. The van der Waals surface area contributed by atoms with Crippen LogP contribution in [0.5, 0.6) is 0 Å². The number of sulfone groups is 1. The third kappa shape index (κ3) is 5.92. The summed E-state index contributed by atoms with van der Waals surface area (Å²) >= 11 is 1.43. The first-order valence-electron chi connectivity index (χ1n) is 13.1. The Bertz CT molecular complexity index is 1830. The van der Waals surface area contributed by atoms with Gasteiger partial charge in [-0.05, 0) is 90.1 Å². The molecule has 0 saturated carbocycles. The molecule has 2 heterocycles. The van der Waals surface area contributed by atoms with Crippen molar-refractivity contribution in [2.75, 3.05) is 6.26 Å². The molecule has 40 heavy (non-hydrogen) atoms. The van der Waals surface area contributed by atoms with Crippen LogP contribution in [0, 0.1) is 0 Å². The second-order valence-electron chi connectivity index (χ2n) is 10.9. The van der Waals surface area contributed by atoms with Crippen molar-refractivity contribution in [3.8, 4) is 11.1 Å². The van der Waals surface area contributed by atoms with Crippen molar-refractivity contribution in [1.82, 2.24) is 9.97 Å². The molecule has 0 aliphatic carbocycles. The number of aromatic nitrogens is 2. The minimum Gasteiger partial charge on any atom is -0.385 e. The molecule has 1 N–H and O–H groups in total. The average molecular weight is 569 g/mol. The zero-order chi connectivity index (χ0) is 28.7. The molecule has 204 valence electrons. The van der Waals surface area contributed by atoms with Crippen molar-refractivity contribution in [1.29, 1.82) is 0 Å². The van der Waals surface area contributed by atoms with Crippen LogP contribution in [-0.4, -0.2) is 29.7 Å². The van der Waals surface area contributed by atoms with E-state index in [-0.39, 0.29) is 4.90 Å². The van der Waals surface area contributed by atoms with Crippen molar-refractivity contribution in [3.63, 3.8) is 0 Å². The van der Waals surface area contributed by atoms with Crippen LogP contribution in [0.25, 0.3) is 33.7 Å². The molecular weight excluding hydrogens is 537 g/mol. The van der Waals surface area contributed by atoms with Gasteiger partial charge in [0.15, 0.2) is 9.84 Å². The van der Waals surface area contributed by atoms with E-state index in [1.54, 1.807) is 32.2 Å². The summed E-state index contributed by atoms with van der Waals surface area (Å²) in [6.45, 7) is 7.86. The van der Waals surface area contributed by atoms with E-state index in [1.165, 1.54) is 23.2 Å². The van der Waals surface area contributed by atoms with E-state index in [4.69, 9.17) is 4.98 Å². The van der Waals surface area contributed by atoms with Crippen molar-refractivity contribution < 1.29 is 13.5 Å². The Kier molecular flexibility index (Phi) is 7.48. The van der Waals surface area contributed by atoms with E-state index < -0.39 is 15.4 Å². The molecule has 0 radical (unpaired) electrons. The van der Waals surface area contributed by atoms with E-state index in [9.17, 15) is 13.5 Å². The van der Waals surface area contributed by atoms with E-state index in [0.29, 0.717) is 5.92 Å². The summed E-state index contributed by atoms with van der Waals surface area (Å²) in [5, 5.41) is 12.3. The number of benzene rings is 3. The number of thiazole rings is 1. The van der Waals surface area contributed by atoms with Crippen LogP contribution in [0.15, 0.2) is 90.1 Å². The second-order valence-corrected chi connectivity index (χ2v) is 13.9. The standard InChI is InChI=1S/C33H32N2O3S2/c1-21(2)26-17-25-10-7-15-34-32(25)29(18-26)24-9-6-8-23(16-24)28(19-31-35-20-30(39-31)33(3,4)36)22-11-13-27(14-12-22)40(5,37)38/h6-21,36H,1-5H3/b28-19+. The summed E-state index contributed by atoms with van der Waals surface area (Å²) < 4.78 is 24.2. The molecule has 5 aromatic rings. The smallest absolute Gasteiger partial charge is 0.175 e. The Hall–Kier alpha value is -3.65. The van der Waals surface area contributed by atoms with E-state index in [0.717, 1.165) is 48.6 Å². The number of aliphatic hydroxyl groups is 1. The fraction of sp³-hybridized carbons (Fsp3) is 0.212. The lowest BCUT2D eigenvalue weighted by Crippen LogP contribution is -2.12. The summed E-state index contributed by atoms with van der Waals surface area (Å²) in [6.07, 6.45) is 6.73. The van der Waals surface area contributed by atoms with Crippen LogP contribution in [0.2, 0.25) is 0 Å². The summed E-state index contributed by atoms with van der Waals surface area (Å²) in [6, 6.07) is 23.7. The van der Waals surface area contributed by atoms with Crippen LogP contribution in [-0.2, 0) is 15.4 Å². The summed E-state index contributed by atoms with van der Waals surface area (Å²) in [5.41, 5.74) is 6.03. The number of hydrogen-bond acceptors (Lipinski definition) is 6. The average Bonchev–Trinajstić information content (AvgIpc) is 3.40. The molecule has 0 amide bonds. The maximum Gasteiger partial charge on any atom is 0.175 e. The third-order valence-corrected chi connectivity index (χ3v) is 9.25. The molecule has 0 aliphatic rings. The highest BCUT2D eigenvalue weighted by Crippen LogP contribution is 2.36. The Morgan fingerprint density at radius 3 is 2.35 bits per heavy atom. The van der Waals surface area contributed by atoms with Gasteiger partial charge in [-0.15, -0.1) is 11.3 Å². The minimum absolute atomic E-state index is 0.269. The zero-order valence-electron chi connectivity index (χ0n) is 23.2. The number of fused-ring (bicyclic) bond motifs is 1. The Morgan fingerprint density at radius 1 is 0.950 bits per heavy atom. The SMILES string of the molecule is CC(C)c1cc(-c2cccc(/C(=C/c3ncc(C(C)(C)O)s3)c3ccc(S(C)(=O)=O)cc3)c2)c2ncccc2c1. The third-order valence-electron chi connectivity index (χ3n) is 6.87. The molecule has 5 nitrogen and oxygen atoms in total. The topological polar surface area (TPSA) is 80.2 Å². The predicted molar refractivity (Wildman–Crippen MR) is 165 cm³/mol. The molecule has 5 rings (SSSR count). The van der Waals surface area contributed by atoms with Crippen LogP contribution in [0.3, 0.4) is 0 Å². The van der Waals surface area contributed by atoms with Gasteiger partial charge in [0.2, 0.25) is 0 Å². The first-order valence-corrected chi connectivity index (χ1v) is 15.8. The van der Waals surface area contributed by atoms with Gasteiger partial charge in [0.25, 0.3) is 0 Å². The van der Waals surface area contributed by atoms with Crippen molar-refractivity contribution in [3.05, 3.63) is 112 Å².